The molecule has 0 bridgehead atoms. The van der Waals surface area contributed by atoms with Crippen LogP contribution in [0, 0.1) is 25.2 Å². The molecule has 0 aliphatic heterocycles. The van der Waals surface area contributed by atoms with E-state index in [-0.39, 0.29) is 18.7 Å². The maximum absolute atomic E-state index is 13.1. The summed E-state index contributed by atoms with van der Waals surface area (Å²) in [5.41, 5.74) is 4.25. The highest BCUT2D eigenvalue weighted by atomic mass is 32.1. The summed E-state index contributed by atoms with van der Waals surface area (Å²) >= 11 is 1.52. The third kappa shape index (κ3) is 5.65. The molecule has 8 heteroatoms. The van der Waals surface area contributed by atoms with E-state index in [9.17, 15) is 9.59 Å². The summed E-state index contributed by atoms with van der Waals surface area (Å²) in [5, 5.41) is 15.6. The van der Waals surface area contributed by atoms with Crippen LogP contribution in [0.1, 0.15) is 28.0 Å². The summed E-state index contributed by atoms with van der Waals surface area (Å²) < 4.78 is 6.98. The van der Waals surface area contributed by atoms with Crippen LogP contribution in [0.25, 0.3) is 16.3 Å². The van der Waals surface area contributed by atoms with Crippen molar-refractivity contribution in [3.05, 3.63) is 88.9 Å². The molecule has 2 aromatic heterocycles. The van der Waals surface area contributed by atoms with Gasteiger partial charge in [-0.3, -0.25) is 4.79 Å². The molecular weight excluding hydrogens is 460 g/mol. The number of carbonyl (C=O) groups is 2. The van der Waals surface area contributed by atoms with E-state index in [0.717, 1.165) is 16.0 Å². The maximum Gasteiger partial charge on any atom is 0.357 e. The van der Waals surface area contributed by atoms with Crippen molar-refractivity contribution < 1.29 is 14.3 Å². The molecule has 0 aliphatic carbocycles. The second-order valence-electron chi connectivity index (χ2n) is 8.02. The molecule has 2 heterocycles. The van der Waals surface area contributed by atoms with Crippen molar-refractivity contribution in [3.63, 3.8) is 0 Å². The zero-order valence-electron chi connectivity index (χ0n) is 19.5. The van der Waals surface area contributed by atoms with E-state index in [1.165, 1.54) is 20.9 Å². The lowest BCUT2D eigenvalue weighted by atomic mass is 10.1. The van der Waals surface area contributed by atoms with Gasteiger partial charge in [-0.05, 0) is 60.7 Å². The van der Waals surface area contributed by atoms with Crippen LogP contribution in [0.2, 0.25) is 0 Å². The average Bonchev–Trinajstić information content (AvgIpc) is 3.53. The van der Waals surface area contributed by atoms with Gasteiger partial charge in [-0.25, -0.2) is 9.48 Å². The molecule has 0 saturated heterocycles. The average molecular weight is 485 g/mol. The molecule has 0 fully saturated rings. The molecular formula is C27H24N4O3S. The quantitative estimate of drug-likeness (QED) is 0.316. The Bertz CT molecular complexity index is 1350. The van der Waals surface area contributed by atoms with Crippen LogP contribution in [0.4, 0.5) is 5.69 Å². The number of para-hydroxylation sites is 1. The minimum absolute atomic E-state index is 0.164. The van der Waals surface area contributed by atoms with Crippen molar-refractivity contribution in [2.75, 3.05) is 18.1 Å². The van der Waals surface area contributed by atoms with Gasteiger partial charge in [0.2, 0.25) is 0 Å². The number of amides is 1. The van der Waals surface area contributed by atoms with Crippen LogP contribution < -0.4 is 4.90 Å². The first kappa shape index (κ1) is 23.9. The first-order valence-corrected chi connectivity index (χ1v) is 12.0. The molecule has 0 spiro atoms. The Kier molecular flexibility index (Phi) is 7.38. The smallest absolute Gasteiger partial charge is 0.357 e. The van der Waals surface area contributed by atoms with Gasteiger partial charge in [0.25, 0.3) is 5.91 Å². The minimum atomic E-state index is -0.654. The Labute approximate surface area is 207 Å². The number of benzene rings is 2. The minimum Gasteiger partial charge on any atom is -0.451 e. The fourth-order valence-corrected chi connectivity index (χ4v) is 4.46. The van der Waals surface area contributed by atoms with Crippen molar-refractivity contribution in [2.45, 2.75) is 20.3 Å². The van der Waals surface area contributed by atoms with Gasteiger partial charge >= 0.3 is 5.97 Å². The van der Waals surface area contributed by atoms with Gasteiger partial charge in [-0.2, -0.15) is 10.4 Å². The van der Waals surface area contributed by atoms with E-state index in [1.807, 2.05) is 79.9 Å². The van der Waals surface area contributed by atoms with Crippen molar-refractivity contribution >= 4 is 28.9 Å². The Morgan fingerprint density at radius 3 is 2.46 bits per heavy atom. The zero-order valence-corrected chi connectivity index (χ0v) is 20.3. The van der Waals surface area contributed by atoms with Crippen LogP contribution in [0.15, 0.2) is 72.1 Å². The number of rotatable bonds is 8. The molecule has 0 N–H and O–H groups in total. The predicted molar refractivity (Wildman–Crippen MR) is 136 cm³/mol. The highest BCUT2D eigenvalue weighted by molar-refractivity contribution is 7.13. The molecule has 4 rings (SSSR count). The number of hydrogen-bond donors (Lipinski definition) is 0. The van der Waals surface area contributed by atoms with E-state index in [2.05, 4.69) is 11.2 Å². The first-order chi connectivity index (χ1) is 17.0. The van der Waals surface area contributed by atoms with Gasteiger partial charge in [-0.15, -0.1) is 11.3 Å². The number of thiophene rings is 1. The largest absolute Gasteiger partial charge is 0.451 e. The number of esters is 1. The SMILES string of the molecule is Cc1cc(C)cc(N(CCC#N)C(=O)COC(=O)c2cc(-c3cccs3)nn2-c2ccccc2)c1. The van der Waals surface area contributed by atoms with Gasteiger partial charge < -0.3 is 9.64 Å². The molecule has 176 valence electrons. The first-order valence-electron chi connectivity index (χ1n) is 11.1. The second-order valence-corrected chi connectivity index (χ2v) is 8.96. The summed E-state index contributed by atoms with van der Waals surface area (Å²) in [6.07, 6.45) is 0.164. The number of aryl methyl sites for hydroxylation is 2. The standard InChI is InChI=1S/C27H24N4O3S/c1-19-14-20(2)16-22(15-19)30(12-7-11-28)26(32)18-34-27(33)24-17-23(25-10-6-13-35-25)29-31(24)21-8-4-3-5-9-21/h3-6,8-10,13-17H,7,12,18H2,1-2H3. The van der Waals surface area contributed by atoms with Crippen LogP contribution in [0.5, 0.6) is 0 Å². The number of anilines is 1. The van der Waals surface area contributed by atoms with E-state index < -0.39 is 18.5 Å². The number of aromatic nitrogens is 2. The van der Waals surface area contributed by atoms with Gasteiger partial charge in [0.15, 0.2) is 12.3 Å². The van der Waals surface area contributed by atoms with Gasteiger partial charge in [0.1, 0.15) is 5.69 Å². The molecule has 0 atom stereocenters. The number of ether oxygens (including phenoxy) is 1. The Balaban J connectivity index is 1.57. The van der Waals surface area contributed by atoms with Gasteiger partial charge in [-0.1, -0.05) is 30.3 Å². The van der Waals surface area contributed by atoms with E-state index in [0.29, 0.717) is 17.1 Å². The van der Waals surface area contributed by atoms with Gasteiger partial charge in [0, 0.05) is 18.3 Å². The Morgan fingerprint density at radius 1 is 1.06 bits per heavy atom. The predicted octanol–water partition coefficient (Wildman–Crippen LogP) is 5.32. The lowest BCUT2D eigenvalue weighted by Crippen LogP contribution is -2.35. The third-order valence-electron chi connectivity index (χ3n) is 5.29. The molecule has 0 unspecified atom stereocenters. The van der Waals surface area contributed by atoms with E-state index in [4.69, 9.17) is 10.00 Å². The molecule has 0 saturated carbocycles. The number of hydrogen-bond acceptors (Lipinski definition) is 6. The van der Waals surface area contributed by atoms with Gasteiger partial charge in [0.05, 0.1) is 23.1 Å². The Morgan fingerprint density at radius 2 is 1.80 bits per heavy atom. The molecule has 7 nitrogen and oxygen atoms in total. The normalized spacial score (nSPS) is 10.5. The van der Waals surface area contributed by atoms with Crippen LogP contribution >= 0.6 is 11.3 Å². The molecule has 0 radical (unpaired) electrons. The summed E-state index contributed by atoms with van der Waals surface area (Å²) in [4.78, 5) is 28.6. The van der Waals surface area contributed by atoms with Crippen molar-refractivity contribution in [1.29, 1.82) is 5.26 Å². The highest BCUT2D eigenvalue weighted by Crippen LogP contribution is 2.26. The fourth-order valence-electron chi connectivity index (χ4n) is 3.78. The molecule has 1 amide bonds. The lowest BCUT2D eigenvalue weighted by molar-refractivity contribution is -0.121. The topological polar surface area (TPSA) is 88.2 Å². The molecule has 0 aliphatic rings. The van der Waals surface area contributed by atoms with Crippen LogP contribution in [-0.4, -0.2) is 34.8 Å². The Hall–Kier alpha value is -4.22. The van der Waals surface area contributed by atoms with Crippen LogP contribution in [-0.2, 0) is 9.53 Å². The van der Waals surface area contributed by atoms with Crippen molar-refractivity contribution in [3.8, 4) is 22.3 Å². The van der Waals surface area contributed by atoms with Crippen molar-refractivity contribution in [2.24, 2.45) is 0 Å². The summed E-state index contributed by atoms with van der Waals surface area (Å²) in [6, 6.07) is 22.6. The number of nitrogens with zero attached hydrogens (tertiary/aromatic N) is 4. The second kappa shape index (κ2) is 10.8. The molecule has 4 aromatic rings. The molecule has 2 aromatic carbocycles. The van der Waals surface area contributed by atoms with Crippen molar-refractivity contribution in [1.82, 2.24) is 9.78 Å². The number of nitriles is 1. The monoisotopic (exact) mass is 484 g/mol. The highest BCUT2D eigenvalue weighted by Gasteiger charge is 2.23. The van der Waals surface area contributed by atoms with E-state index in [1.54, 1.807) is 6.07 Å². The lowest BCUT2D eigenvalue weighted by Gasteiger charge is -2.22. The molecule has 35 heavy (non-hydrogen) atoms. The van der Waals surface area contributed by atoms with Crippen LogP contribution in [0.3, 0.4) is 0 Å². The van der Waals surface area contributed by atoms with E-state index >= 15 is 0 Å². The zero-order chi connectivity index (χ0) is 24.8. The summed E-state index contributed by atoms with van der Waals surface area (Å²) in [7, 11) is 0. The maximum atomic E-state index is 13.1. The third-order valence-corrected chi connectivity index (χ3v) is 6.18. The summed E-state index contributed by atoms with van der Waals surface area (Å²) in [5.74, 6) is -1.05. The fraction of sp³-hybridized carbons (Fsp3) is 0.185. The number of carbonyl (C=O) groups excluding carboxylic acids is 2. The summed E-state index contributed by atoms with van der Waals surface area (Å²) in [6.45, 7) is 3.64.